The molecule has 1 aromatic carbocycles. The van der Waals surface area contributed by atoms with E-state index < -0.39 is 11.9 Å². The van der Waals surface area contributed by atoms with Gasteiger partial charge in [-0.1, -0.05) is 30.3 Å². The van der Waals surface area contributed by atoms with Crippen LogP contribution in [0.1, 0.15) is 34.5 Å². The molecule has 0 saturated carbocycles. The quantitative estimate of drug-likeness (QED) is 0.207. The molecule has 0 radical (unpaired) electrons. The maximum absolute atomic E-state index is 12.7. The third kappa shape index (κ3) is 6.25. The number of carboxylic acids is 1. The molecular weight excluding hydrogens is 382 g/mol. The van der Waals surface area contributed by atoms with Crippen molar-refractivity contribution in [3.8, 4) is 0 Å². The first-order chi connectivity index (χ1) is 14.6. The van der Waals surface area contributed by atoms with E-state index in [0.717, 1.165) is 11.3 Å². The number of carbonyl (C=O) groups excluding carboxylic acids is 1. The highest BCUT2D eigenvalue weighted by Crippen LogP contribution is 2.16. The van der Waals surface area contributed by atoms with Crippen LogP contribution >= 0.6 is 0 Å². The van der Waals surface area contributed by atoms with E-state index in [9.17, 15) is 14.7 Å². The van der Waals surface area contributed by atoms with Gasteiger partial charge in [-0.3, -0.25) is 14.6 Å². The second-order valence-corrected chi connectivity index (χ2v) is 6.88. The number of anilines is 1. The molecule has 1 atom stereocenters. The molecule has 3 rings (SSSR count). The number of aromatic amines is 1. The van der Waals surface area contributed by atoms with E-state index in [1.54, 1.807) is 30.7 Å². The number of carboxylic acid groups (broad SMARTS) is 1. The van der Waals surface area contributed by atoms with Gasteiger partial charge < -0.3 is 20.7 Å². The van der Waals surface area contributed by atoms with Crippen molar-refractivity contribution in [2.45, 2.75) is 25.9 Å². The smallest absolute Gasteiger partial charge is 0.314 e. The minimum absolute atomic E-state index is 0.259. The van der Waals surface area contributed by atoms with Gasteiger partial charge in [0.25, 0.3) is 0 Å². The fourth-order valence-corrected chi connectivity index (χ4v) is 3.07. The summed E-state index contributed by atoms with van der Waals surface area (Å²) in [6.45, 7) is 1.81. The Morgan fingerprint density at radius 2 is 1.87 bits per heavy atom. The lowest BCUT2D eigenvalue weighted by molar-refractivity contribution is -0.140. The normalized spacial score (nSPS) is 11.7. The Morgan fingerprint density at radius 1 is 1.03 bits per heavy atom. The number of aliphatic carboxylic acids is 1. The van der Waals surface area contributed by atoms with Crippen molar-refractivity contribution in [3.05, 3.63) is 77.9 Å². The zero-order chi connectivity index (χ0) is 21.2. The van der Waals surface area contributed by atoms with Gasteiger partial charge in [0.15, 0.2) is 11.7 Å². The molecule has 3 aromatic rings. The van der Waals surface area contributed by atoms with Crippen molar-refractivity contribution < 1.29 is 14.7 Å². The highest BCUT2D eigenvalue weighted by atomic mass is 16.4. The molecule has 8 heteroatoms. The molecule has 2 aromatic heterocycles. The third-order valence-electron chi connectivity index (χ3n) is 4.67. The molecule has 0 amide bonds. The van der Waals surface area contributed by atoms with E-state index in [0.29, 0.717) is 37.6 Å². The van der Waals surface area contributed by atoms with Crippen molar-refractivity contribution in [1.29, 1.82) is 0 Å². The maximum Gasteiger partial charge on any atom is 0.314 e. The number of Topliss-reactive ketones (excluding diaryl/α,β-unsaturated/α-hetero) is 1. The fourth-order valence-electron chi connectivity index (χ4n) is 3.07. The average molecular weight is 407 g/mol. The van der Waals surface area contributed by atoms with Gasteiger partial charge in [0, 0.05) is 43.8 Å². The molecule has 2 heterocycles. The van der Waals surface area contributed by atoms with Crippen LogP contribution in [0.4, 0.5) is 5.95 Å². The summed E-state index contributed by atoms with van der Waals surface area (Å²) in [6, 6.07) is 12.8. The number of benzene rings is 1. The number of nitrogens with zero attached hydrogens (tertiary/aromatic N) is 2. The average Bonchev–Trinajstić information content (AvgIpc) is 3.28. The van der Waals surface area contributed by atoms with E-state index in [2.05, 4.69) is 25.6 Å². The van der Waals surface area contributed by atoms with Gasteiger partial charge in [-0.2, -0.15) is 0 Å². The van der Waals surface area contributed by atoms with Gasteiger partial charge in [0.2, 0.25) is 0 Å². The first-order valence-corrected chi connectivity index (χ1v) is 9.83. The molecule has 8 nitrogen and oxygen atoms in total. The predicted octanol–water partition coefficient (Wildman–Crippen LogP) is 2.87. The SMILES string of the molecule is O=C(O)C(CCCNc1ncc[nH]1)C(=O)c1ccc(CNCc2ccccn2)cc1. The number of ketones is 1. The monoisotopic (exact) mass is 407 g/mol. The summed E-state index contributed by atoms with van der Waals surface area (Å²) in [6.07, 6.45) is 5.88. The Hall–Kier alpha value is -3.52. The second kappa shape index (κ2) is 10.9. The predicted molar refractivity (Wildman–Crippen MR) is 113 cm³/mol. The van der Waals surface area contributed by atoms with Crippen molar-refractivity contribution in [2.75, 3.05) is 11.9 Å². The molecule has 0 saturated heterocycles. The number of rotatable bonds is 12. The van der Waals surface area contributed by atoms with Crippen LogP contribution in [0.5, 0.6) is 0 Å². The van der Waals surface area contributed by atoms with Crippen LogP contribution in [-0.2, 0) is 17.9 Å². The third-order valence-corrected chi connectivity index (χ3v) is 4.67. The summed E-state index contributed by atoms with van der Waals surface area (Å²) in [7, 11) is 0. The lowest BCUT2D eigenvalue weighted by Crippen LogP contribution is -2.25. The zero-order valence-corrected chi connectivity index (χ0v) is 16.5. The summed E-state index contributed by atoms with van der Waals surface area (Å²) in [5.41, 5.74) is 2.38. The van der Waals surface area contributed by atoms with E-state index in [1.807, 2.05) is 30.3 Å². The summed E-state index contributed by atoms with van der Waals surface area (Å²) < 4.78 is 0. The number of hydrogen-bond acceptors (Lipinski definition) is 6. The standard InChI is InChI=1S/C22H25N5O3/c28-20(19(21(29)30)5-3-11-25-22-26-12-13-27-22)17-8-6-16(7-9-17)14-23-15-18-4-1-2-10-24-18/h1-2,4,6-10,12-13,19,23H,3,5,11,14-15H2,(H,29,30)(H2,25,26,27). The first kappa shape index (κ1) is 21.2. The van der Waals surface area contributed by atoms with Crippen molar-refractivity contribution in [3.63, 3.8) is 0 Å². The Bertz CT molecular complexity index is 927. The Kier molecular flexibility index (Phi) is 7.68. The lowest BCUT2D eigenvalue weighted by atomic mass is 9.93. The molecular formula is C22H25N5O3. The van der Waals surface area contributed by atoms with Gasteiger partial charge in [0.05, 0.1) is 5.69 Å². The zero-order valence-electron chi connectivity index (χ0n) is 16.5. The van der Waals surface area contributed by atoms with Gasteiger partial charge in [-0.15, -0.1) is 0 Å². The second-order valence-electron chi connectivity index (χ2n) is 6.88. The number of pyridine rings is 1. The van der Waals surface area contributed by atoms with Crippen molar-refractivity contribution in [1.82, 2.24) is 20.3 Å². The van der Waals surface area contributed by atoms with Crippen molar-refractivity contribution in [2.24, 2.45) is 5.92 Å². The van der Waals surface area contributed by atoms with Gasteiger partial charge in [0.1, 0.15) is 5.92 Å². The van der Waals surface area contributed by atoms with Crippen LogP contribution < -0.4 is 10.6 Å². The molecule has 156 valence electrons. The highest BCUT2D eigenvalue weighted by Gasteiger charge is 2.26. The lowest BCUT2D eigenvalue weighted by Gasteiger charge is -2.12. The number of nitrogens with one attached hydrogen (secondary N) is 3. The summed E-state index contributed by atoms with van der Waals surface area (Å²) in [5, 5.41) is 15.8. The van der Waals surface area contributed by atoms with E-state index in [4.69, 9.17) is 0 Å². The van der Waals surface area contributed by atoms with E-state index >= 15 is 0 Å². The van der Waals surface area contributed by atoms with Gasteiger partial charge in [-0.25, -0.2) is 4.98 Å². The number of aromatic nitrogens is 3. The minimum atomic E-state index is -1.10. The molecule has 0 bridgehead atoms. The van der Waals surface area contributed by atoms with Crippen LogP contribution in [0, 0.1) is 5.92 Å². The van der Waals surface area contributed by atoms with Crippen LogP contribution in [0.25, 0.3) is 0 Å². The molecule has 0 fully saturated rings. The Balaban J connectivity index is 1.48. The summed E-state index contributed by atoms with van der Waals surface area (Å²) >= 11 is 0. The maximum atomic E-state index is 12.7. The molecule has 1 unspecified atom stereocenters. The van der Waals surface area contributed by atoms with Crippen molar-refractivity contribution >= 4 is 17.7 Å². The summed E-state index contributed by atoms with van der Waals surface area (Å²) in [4.78, 5) is 35.5. The Labute approximate surface area is 174 Å². The topological polar surface area (TPSA) is 120 Å². The fraction of sp³-hybridized carbons (Fsp3) is 0.273. The molecule has 4 N–H and O–H groups in total. The molecule has 0 aliphatic carbocycles. The van der Waals surface area contributed by atoms with E-state index in [-0.39, 0.29) is 12.2 Å². The van der Waals surface area contributed by atoms with Gasteiger partial charge in [-0.05, 0) is 30.5 Å². The van der Waals surface area contributed by atoms with Crippen LogP contribution in [0.3, 0.4) is 0 Å². The van der Waals surface area contributed by atoms with Gasteiger partial charge >= 0.3 is 5.97 Å². The van der Waals surface area contributed by atoms with Crippen LogP contribution in [0.15, 0.2) is 61.1 Å². The first-order valence-electron chi connectivity index (χ1n) is 9.83. The molecule has 0 spiro atoms. The number of imidazole rings is 1. The highest BCUT2D eigenvalue weighted by molar-refractivity contribution is 6.08. The Morgan fingerprint density at radius 3 is 2.53 bits per heavy atom. The molecule has 30 heavy (non-hydrogen) atoms. The minimum Gasteiger partial charge on any atom is -0.481 e. The number of H-pyrrole nitrogens is 1. The largest absolute Gasteiger partial charge is 0.481 e. The number of carbonyl (C=O) groups is 2. The van der Waals surface area contributed by atoms with Crippen LogP contribution in [-0.4, -0.2) is 38.4 Å². The van der Waals surface area contributed by atoms with E-state index in [1.165, 1.54) is 0 Å². The number of hydrogen-bond donors (Lipinski definition) is 4. The summed E-state index contributed by atoms with van der Waals surface area (Å²) in [5.74, 6) is -1.90. The van der Waals surface area contributed by atoms with Crippen LogP contribution in [0.2, 0.25) is 0 Å². The molecule has 0 aliphatic heterocycles. The molecule has 0 aliphatic rings.